The SMILES string of the molecule is O=c1c(=O)n(C2CCC2)ccn1Cc1cnc(-c2ccccc2)cn1. The molecular formula is C19H18N4O2. The van der Waals surface area contributed by atoms with Gasteiger partial charge < -0.3 is 9.13 Å². The predicted molar refractivity (Wildman–Crippen MR) is 94.4 cm³/mol. The minimum atomic E-state index is -0.511. The Morgan fingerprint density at radius 1 is 0.960 bits per heavy atom. The summed E-state index contributed by atoms with van der Waals surface area (Å²) in [6, 6.07) is 9.95. The molecule has 4 rings (SSSR count). The van der Waals surface area contributed by atoms with Gasteiger partial charge in [-0.25, -0.2) is 0 Å². The Morgan fingerprint density at radius 3 is 2.40 bits per heavy atom. The van der Waals surface area contributed by atoms with Gasteiger partial charge in [-0.2, -0.15) is 0 Å². The van der Waals surface area contributed by atoms with Gasteiger partial charge in [0.1, 0.15) is 0 Å². The van der Waals surface area contributed by atoms with E-state index in [1.807, 2.05) is 30.3 Å². The second-order valence-corrected chi connectivity index (χ2v) is 6.29. The Morgan fingerprint density at radius 2 is 1.76 bits per heavy atom. The van der Waals surface area contributed by atoms with Crippen LogP contribution < -0.4 is 11.1 Å². The van der Waals surface area contributed by atoms with Crippen LogP contribution in [0.25, 0.3) is 11.3 Å². The molecule has 0 atom stereocenters. The van der Waals surface area contributed by atoms with Gasteiger partial charge in [-0.05, 0) is 19.3 Å². The van der Waals surface area contributed by atoms with Crippen molar-refractivity contribution >= 4 is 0 Å². The lowest BCUT2D eigenvalue weighted by Crippen LogP contribution is -2.43. The maximum Gasteiger partial charge on any atom is 0.316 e. The van der Waals surface area contributed by atoms with Gasteiger partial charge in [-0.1, -0.05) is 30.3 Å². The molecule has 126 valence electrons. The average Bonchev–Trinajstić information content (AvgIpc) is 2.61. The summed E-state index contributed by atoms with van der Waals surface area (Å²) in [7, 11) is 0. The molecule has 0 unspecified atom stereocenters. The molecule has 1 saturated carbocycles. The minimum Gasteiger partial charge on any atom is -0.306 e. The molecule has 2 heterocycles. The van der Waals surface area contributed by atoms with Crippen LogP contribution in [0.3, 0.4) is 0 Å². The van der Waals surface area contributed by atoms with Crippen LogP contribution in [0.2, 0.25) is 0 Å². The largest absolute Gasteiger partial charge is 0.316 e. The topological polar surface area (TPSA) is 69.8 Å². The number of hydrogen-bond acceptors (Lipinski definition) is 4. The Hall–Kier alpha value is -3.02. The Kier molecular flexibility index (Phi) is 4.01. The Bertz CT molecular complexity index is 986. The molecule has 0 bridgehead atoms. The summed E-state index contributed by atoms with van der Waals surface area (Å²) in [5.41, 5.74) is 1.44. The summed E-state index contributed by atoms with van der Waals surface area (Å²) in [6.07, 6.45) is 9.75. The van der Waals surface area contributed by atoms with Crippen molar-refractivity contribution in [1.82, 2.24) is 19.1 Å². The maximum atomic E-state index is 12.3. The average molecular weight is 334 g/mol. The molecule has 0 spiro atoms. The third-order valence-electron chi connectivity index (χ3n) is 4.66. The molecule has 6 nitrogen and oxygen atoms in total. The highest BCUT2D eigenvalue weighted by Crippen LogP contribution is 2.29. The van der Waals surface area contributed by atoms with Gasteiger partial charge >= 0.3 is 11.1 Å². The highest BCUT2D eigenvalue weighted by Gasteiger charge is 2.21. The standard InChI is InChI=1S/C19H18N4O2/c24-18-19(25)23(16-7-4-8-16)10-9-22(18)13-15-11-21-17(12-20-15)14-5-2-1-3-6-14/h1-3,5-6,9-12,16H,4,7-8,13H2. The van der Waals surface area contributed by atoms with Gasteiger partial charge in [0.25, 0.3) is 0 Å². The van der Waals surface area contributed by atoms with E-state index in [-0.39, 0.29) is 12.6 Å². The van der Waals surface area contributed by atoms with E-state index in [1.54, 1.807) is 29.4 Å². The van der Waals surface area contributed by atoms with Crippen molar-refractivity contribution in [3.63, 3.8) is 0 Å². The first-order valence-electron chi connectivity index (χ1n) is 8.40. The summed E-state index contributed by atoms with van der Waals surface area (Å²) in [5, 5.41) is 0. The quantitative estimate of drug-likeness (QED) is 0.686. The van der Waals surface area contributed by atoms with Crippen LogP contribution in [0.1, 0.15) is 31.0 Å². The van der Waals surface area contributed by atoms with Gasteiger partial charge in [-0.3, -0.25) is 19.6 Å². The zero-order valence-corrected chi connectivity index (χ0v) is 13.7. The molecule has 1 aliphatic rings. The van der Waals surface area contributed by atoms with Crippen LogP contribution in [0.4, 0.5) is 0 Å². The molecular weight excluding hydrogens is 316 g/mol. The van der Waals surface area contributed by atoms with Gasteiger partial charge in [0, 0.05) is 24.0 Å². The van der Waals surface area contributed by atoms with Crippen molar-refractivity contribution in [3.05, 3.63) is 81.5 Å². The zero-order chi connectivity index (χ0) is 17.2. The summed E-state index contributed by atoms with van der Waals surface area (Å²) in [5.74, 6) is 0. The Balaban J connectivity index is 1.57. The zero-order valence-electron chi connectivity index (χ0n) is 13.7. The highest BCUT2D eigenvalue weighted by atomic mass is 16.2. The van der Waals surface area contributed by atoms with Crippen molar-refractivity contribution in [1.29, 1.82) is 0 Å². The van der Waals surface area contributed by atoms with Crippen molar-refractivity contribution in [2.24, 2.45) is 0 Å². The fourth-order valence-electron chi connectivity index (χ4n) is 2.97. The third-order valence-corrected chi connectivity index (χ3v) is 4.66. The van der Waals surface area contributed by atoms with E-state index in [1.165, 1.54) is 4.57 Å². The lowest BCUT2D eigenvalue weighted by molar-refractivity contribution is 0.303. The van der Waals surface area contributed by atoms with Crippen molar-refractivity contribution in [3.8, 4) is 11.3 Å². The minimum absolute atomic E-state index is 0.180. The van der Waals surface area contributed by atoms with E-state index in [0.717, 1.165) is 30.5 Å². The first-order chi connectivity index (χ1) is 12.2. The number of nitrogens with zero attached hydrogens (tertiary/aromatic N) is 4. The van der Waals surface area contributed by atoms with E-state index in [2.05, 4.69) is 9.97 Å². The van der Waals surface area contributed by atoms with E-state index in [4.69, 9.17) is 0 Å². The van der Waals surface area contributed by atoms with E-state index in [9.17, 15) is 9.59 Å². The molecule has 2 aromatic heterocycles. The second kappa shape index (κ2) is 6.47. The van der Waals surface area contributed by atoms with Crippen molar-refractivity contribution in [2.75, 3.05) is 0 Å². The molecule has 0 radical (unpaired) electrons. The molecule has 6 heteroatoms. The molecule has 0 N–H and O–H groups in total. The van der Waals surface area contributed by atoms with Gasteiger partial charge in [0.15, 0.2) is 0 Å². The molecule has 0 saturated heterocycles. The number of rotatable bonds is 4. The van der Waals surface area contributed by atoms with E-state index >= 15 is 0 Å². The summed E-state index contributed by atoms with van der Waals surface area (Å²) < 4.78 is 2.95. The molecule has 1 aliphatic carbocycles. The molecule has 0 amide bonds. The van der Waals surface area contributed by atoms with Crippen LogP contribution in [-0.4, -0.2) is 19.1 Å². The first-order valence-corrected chi connectivity index (χ1v) is 8.40. The van der Waals surface area contributed by atoms with Crippen LogP contribution >= 0.6 is 0 Å². The van der Waals surface area contributed by atoms with Crippen molar-refractivity contribution < 1.29 is 0 Å². The molecule has 25 heavy (non-hydrogen) atoms. The molecule has 1 fully saturated rings. The fraction of sp³-hybridized carbons (Fsp3) is 0.263. The van der Waals surface area contributed by atoms with Gasteiger partial charge in [0.05, 0.1) is 30.3 Å². The molecule has 1 aromatic carbocycles. The van der Waals surface area contributed by atoms with Gasteiger partial charge in [-0.15, -0.1) is 0 Å². The summed E-state index contributed by atoms with van der Waals surface area (Å²) in [6.45, 7) is 0.238. The Labute approximate surface area is 144 Å². The summed E-state index contributed by atoms with van der Waals surface area (Å²) in [4.78, 5) is 33.3. The lowest BCUT2D eigenvalue weighted by Gasteiger charge is -2.27. The molecule has 0 aliphatic heterocycles. The smallest absolute Gasteiger partial charge is 0.306 e. The monoisotopic (exact) mass is 334 g/mol. The van der Waals surface area contributed by atoms with Crippen LogP contribution in [0.5, 0.6) is 0 Å². The van der Waals surface area contributed by atoms with E-state index in [0.29, 0.717) is 5.69 Å². The lowest BCUT2D eigenvalue weighted by atomic mass is 9.93. The maximum absolute atomic E-state index is 12.3. The van der Waals surface area contributed by atoms with Crippen LogP contribution in [0, 0.1) is 0 Å². The normalized spacial score (nSPS) is 14.2. The van der Waals surface area contributed by atoms with E-state index < -0.39 is 11.1 Å². The highest BCUT2D eigenvalue weighted by molar-refractivity contribution is 5.57. The first kappa shape index (κ1) is 15.5. The van der Waals surface area contributed by atoms with Crippen molar-refractivity contribution in [2.45, 2.75) is 31.8 Å². The number of hydrogen-bond donors (Lipinski definition) is 0. The number of benzene rings is 1. The van der Waals surface area contributed by atoms with Gasteiger partial charge in [0.2, 0.25) is 0 Å². The fourth-order valence-corrected chi connectivity index (χ4v) is 2.97. The number of aromatic nitrogens is 4. The second-order valence-electron chi connectivity index (χ2n) is 6.29. The molecule has 3 aromatic rings. The van der Waals surface area contributed by atoms with Crippen LogP contribution in [0.15, 0.2) is 64.7 Å². The third kappa shape index (κ3) is 3.03. The summed E-state index contributed by atoms with van der Waals surface area (Å²) >= 11 is 0. The van der Waals surface area contributed by atoms with Crippen LogP contribution in [-0.2, 0) is 6.54 Å². The predicted octanol–water partition coefficient (Wildman–Crippen LogP) is 2.24.